The van der Waals surface area contributed by atoms with Crippen LogP contribution in [0.5, 0.6) is 11.5 Å². The van der Waals surface area contributed by atoms with Gasteiger partial charge in [-0.2, -0.15) is 0 Å². The molecule has 0 N–H and O–H groups in total. The number of rotatable bonds is 2. The molecule has 0 bridgehead atoms. The van der Waals surface area contributed by atoms with Gasteiger partial charge in [-0.1, -0.05) is 110 Å². The third-order valence-electron chi connectivity index (χ3n) is 9.92. The van der Waals surface area contributed by atoms with Crippen LogP contribution in [0.4, 0.5) is 0 Å². The van der Waals surface area contributed by atoms with Crippen molar-refractivity contribution < 1.29 is 4.74 Å². The van der Waals surface area contributed by atoms with Crippen LogP contribution in [-0.4, -0.2) is 11.3 Å². The zero-order valence-electron chi connectivity index (χ0n) is 27.2. The van der Waals surface area contributed by atoms with E-state index in [1.807, 2.05) is 0 Å². The van der Waals surface area contributed by atoms with E-state index in [1.165, 1.54) is 71.7 Å². The maximum absolute atomic E-state index is 6.92. The monoisotopic (exact) mass is 573 g/mol. The van der Waals surface area contributed by atoms with Crippen LogP contribution in [-0.2, 0) is 10.8 Å². The fourth-order valence-electron chi connectivity index (χ4n) is 7.34. The van der Waals surface area contributed by atoms with E-state index in [0.29, 0.717) is 5.92 Å². The minimum Gasteiger partial charge on any atom is -0.458 e. The lowest BCUT2D eigenvalue weighted by molar-refractivity contribution is 0.486. The molecule has 6 aromatic rings. The minimum atomic E-state index is 0.0104. The van der Waals surface area contributed by atoms with Crippen LogP contribution in [0.2, 0.25) is 0 Å². The first-order valence-electron chi connectivity index (χ1n) is 16.1. The summed E-state index contributed by atoms with van der Waals surface area (Å²) in [7, 11) is 0. The lowest BCUT2D eigenvalue weighted by Crippen LogP contribution is -2.58. The van der Waals surface area contributed by atoms with E-state index >= 15 is 0 Å². The summed E-state index contributed by atoms with van der Waals surface area (Å²) in [5.74, 6) is 2.33. The first kappa shape index (κ1) is 27.3. The first-order valence-corrected chi connectivity index (χ1v) is 16.1. The molecule has 1 aromatic heterocycles. The zero-order valence-corrected chi connectivity index (χ0v) is 27.2. The summed E-state index contributed by atoms with van der Waals surface area (Å²) in [5, 5.41) is 2.69. The maximum atomic E-state index is 6.92. The van der Waals surface area contributed by atoms with Crippen molar-refractivity contribution in [1.29, 1.82) is 0 Å². The Morgan fingerprint density at radius 1 is 0.636 bits per heavy atom. The molecule has 0 saturated carbocycles. The largest absolute Gasteiger partial charge is 0.458 e. The molecule has 2 nitrogen and oxygen atoms in total. The first-order chi connectivity index (χ1) is 20.9. The van der Waals surface area contributed by atoms with E-state index in [-0.39, 0.29) is 17.5 Å². The van der Waals surface area contributed by atoms with Gasteiger partial charge in [0.15, 0.2) is 0 Å². The van der Waals surface area contributed by atoms with E-state index in [0.717, 1.165) is 11.5 Å². The summed E-state index contributed by atoms with van der Waals surface area (Å²) in [6.07, 6.45) is 0. The van der Waals surface area contributed by atoms with Crippen molar-refractivity contribution in [2.45, 2.75) is 72.1 Å². The smallest absolute Gasteiger partial charge is 0.256 e. The number of hydrogen-bond donors (Lipinski definition) is 0. The Kier molecular flexibility index (Phi) is 5.68. The Morgan fingerprint density at radius 3 is 2.07 bits per heavy atom. The van der Waals surface area contributed by atoms with Crippen molar-refractivity contribution >= 4 is 44.9 Å². The van der Waals surface area contributed by atoms with Crippen molar-refractivity contribution in [3.63, 3.8) is 0 Å². The van der Waals surface area contributed by atoms with Crippen LogP contribution in [0.3, 0.4) is 0 Å². The SMILES string of the molecule is CC(C)c1cc2c3c(c1)-n1c4ccc(C(C)(C)C)cc4c4cc(C(C)(C)C)cc(c41)B3c1ccc(-c3ccccc3)cc1O2. The molecule has 0 unspecified atom stereocenters. The fourth-order valence-corrected chi connectivity index (χ4v) is 7.34. The van der Waals surface area contributed by atoms with Crippen molar-refractivity contribution in [3.8, 4) is 28.3 Å². The molecule has 0 radical (unpaired) electrons. The molecule has 0 amide bonds. The number of ether oxygens (including phenoxy) is 1. The third-order valence-corrected chi connectivity index (χ3v) is 9.92. The maximum Gasteiger partial charge on any atom is 0.256 e. The van der Waals surface area contributed by atoms with Crippen LogP contribution in [0, 0.1) is 0 Å². The Labute approximate surface area is 261 Å². The summed E-state index contributed by atoms with van der Waals surface area (Å²) < 4.78 is 9.47. The molecule has 0 saturated heterocycles. The molecular weight excluding hydrogens is 533 g/mol. The van der Waals surface area contributed by atoms with E-state index in [4.69, 9.17) is 4.74 Å². The predicted molar refractivity (Wildman–Crippen MR) is 189 cm³/mol. The second kappa shape index (κ2) is 9.14. The highest BCUT2D eigenvalue weighted by Gasteiger charge is 2.41. The average molecular weight is 574 g/mol. The van der Waals surface area contributed by atoms with Gasteiger partial charge in [-0.15, -0.1) is 0 Å². The second-order valence-electron chi connectivity index (χ2n) is 15.3. The molecule has 3 heterocycles. The van der Waals surface area contributed by atoms with Crippen molar-refractivity contribution in [2.75, 3.05) is 0 Å². The van der Waals surface area contributed by atoms with Crippen LogP contribution >= 0.6 is 0 Å². The Morgan fingerprint density at radius 2 is 1.36 bits per heavy atom. The number of nitrogens with zero attached hydrogens (tertiary/aromatic N) is 1. The van der Waals surface area contributed by atoms with Gasteiger partial charge in [-0.25, -0.2) is 0 Å². The molecule has 218 valence electrons. The van der Waals surface area contributed by atoms with Gasteiger partial charge in [0.2, 0.25) is 0 Å². The minimum absolute atomic E-state index is 0.0104. The summed E-state index contributed by atoms with van der Waals surface area (Å²) >= 11 is 0. The molecule has 0 atom stereocenters. The van der Waals surface area contributed by atoms with E-state index in [2.05, 4.69) is 151 Å². The molecule has 2 aliphatic heterocycles. The van der Waals surface area contributed by atoms with Crippen LogP contribution in [0.15, 0.2) is 91.0 Å². The van der Waals surface area contributed by atoms with Gasteiger partial charge in [0, 0.05) is 22.0 Å². The summed E-state index contributed by atoms with van der Waals surface area (Å²) in [6.45, 7) is 18.6. The molecule has 3 heteroatoms. The summed E-state index contributed by atoms with van der Waals surface area (Å²) in [6, 6.07) is 34.3. The predicted octanol–water partition coefficient (Wildman–Crippen LogP) is 9.10. The lowest BCUT2D eigenvalue weighted by Gasteiger charge is -2.35. The third kappa shape index (κ3) is 3.94. The molecule has 2 aliphatic rings. The van der Waals surface area contributed by atoms with Crippen LogP contribution in [0.25, 0.3) is 38.6 Å². The van der Waals surface area contributed by atoms with Gasteiger partial charge in [-0.3, -0.25) is 0 Å². The topological polar surface area (TPSA) is 14.2 Å². The van der Waals surface area contributed by atoms with Gasteiger partial charge >= 0.3 is 0 Å². The quantitative estimate of drug-likeness (QED) is 0.188. The lowest BCUT2D eigenvalue weighted by atomic mass is 9.34. The zero-order chi connectivity index (χ0) is 30.7. The Hall–Kier alpha value is -4.24. The second-order valence-corrected chi connectivity index (χ2v) is 15.3. The van der Waals surface area contributed by atoms with Crippen molar-refractivity contribution in [1.82, 2.24) is 4.57 Å². The van der Waals surface area contributed by atoms with E-state index in [9.17, 15) is 0 Å². The van der Waals surface area contributed by atoms with Gasteiger partial charge in [0.25, 0.3) is 6.71 Å². The van der Waals surface area contributed by atoms with Crippen LogP contribution in [0.1, 0.15) is 78.0 Å². The van der Waals surface area contributed by atoms with Gasteiger partial charge in [-0.05, 0) is 97.4 Å². The number of aromatic nitrogens is 1. The molecule has 0 spiro atoms. The molecule has 5 aromatic carbocycles. The van der Waals surface area contributed by atoms with Gasteiger partial charge < -0.3 is 9.30 Å². The Bertz CT molecular complexity index is 2140. The summed E-state index contributed by atoms with van der Waals surface area (Å²) in [5.41, 5.74) is 14.3. The molecule has 0 fully saturated rings. The highest BCUT2D eigenvalue weighted by atomic mass is 16.5. The molecule has 8 rings (SSSR count). The average Bonchev–Trinajstić information content (AvgIpc) is 3.32. The standard InChI is InChI=1S/C41H40BNO/c1-24(2)27-18-35-38-37(20-27)44-36-19-26(25-12-10-9-11-13-25)14-16-32(36)42(38)33-23-29(41(6,7)8)22-31-30-21-28(40(3,4)5)15-17-34(30)43(35)39(31)33/h9-24H,1-8H3. The van der Waals surface area contributed by atoms with Gasteiger partial charge in [0.05, 0.1) is 5.52 Å². The fraction of sp³-hybridized carbons (Fsp3) is 0.268. The van der Waals surface area contributed by atoms with Gasteiger partial charge in [0.1, 0.15) is 11.5 Å². The highest BCUT2D eigenvalue weighted by molar-refractivity contribution is 6.99. The van der Waals surface area contributed by atoms with E-state index in [1.54, 1.807) is 0 Å². The number of fused-ring (bicyclic) bond motifs is 7. The normalized spacial score (nSPS) is 13.8. The van der Waals surface area contributed by atoms with Crippen molar-refractivity contribution in [3.05, 3.63) is 108 Å². The van der Waals surface area contributed by atoms with Crippen LogP contribution < -0.4 is 21.1 Å². The number of benzene rings is 5. The van der Waals surface area contributed by atoms with E-state index < -0.39 is 0 Å². The summed E-state index contributed by atoms with van der Waals surface area (Å²) in [4.78, 5) is 0. The molecule has 0 aliphatic carbocycles. The highest BCUT2D eigenvalue weighted by Crippen LogP contribution is 2.42. The Balaban J connectivity index is 1.51. The number of hydrogen-bond acceptors (Lipinski definition) is 1. The van der Waals surface area contributed by atoms with Crippen molar-refractivity contribution in [2.24, 2.45) is 0 Å². The molecular formula is C41H40BNO. The molecule has 44 heavy (non-hydrogen) atoms.